The molecule has 1 aromatic heterocycles. The van der Waals surface area contributed by atoms with E-state index >= 15 is 0 Å². The van der Waals surface area contributed by atoms with Gasteiger partial charge in [-0.25, -0.2) is 14.2 Å². The number of anilines is 1. The molecule has 104 valence electrons. The molecule has 1 aromatic carbocycles. The molecule has 0 bridgehead atoms. The number of benzene rings is 1. The number of hydrogen-bond acceptors (Lipinski definition) is 3. The fourth-order valence-corrected chi connectivity index (χ4v) is 1.54. The first-order chi connectivity index (χ1) is 9.65. The van der Waals surface area contributed by atoms with Crippen LogP contribution in [0, 0.1) is 5.82 Å². The highest BCUT2D eigenvalue weighted by Crippen LogP contribution is 2.07. The monoisotopic (exact) mass is 276 g/mol. The average molecular weight is 276 g/mol. The molecule has 0 fully saturated rings. The van der Waals surface area contributed by atoms with Crippen molar-refractivity contribution in [2.45, 2.75) is 6.54 Å². The molecule has 0 radical (unpaired) electrons. The summed E-state index contributed by atoms with van der Waals surface area (Å²) in [5.74, 6) is -0.369. The van der Waals surface area contributed by atoms with Gasteiger partial charge < -0.3 is 10.6 Å². The lowest BCUT2D eigenvalue weighted by molar-refractivity contribution is 0.251. The quantitative estimate of drug-likeness (QED) is 0.881. The molecule has 0 saturated heterocycles. The maximum atomic E-state index is 12.7. The minimum absolute atomic E-state index is 0.180. The Kier molecular flexibility index (Phi) is 4.43. The van der Waals surface area contributed by atoms with E-state index < -0.39 is 6.03 Å². The van der Waals surface area contributed by atoms with E-state index in [1.54, 1.807) is 0 Å². The fourth-order valence-electron chi connectivity index (χ4n) is 1.54. The lowest BCUT2D eigenvalue weighted by Gasteiger charge is -2.08. The molecule has 0 aliphatic carbocycles. The predicted octanol–water partition coefficient (Wildman–Crippen LogP) is 1.20. The van der Waals surface area contributed by atoms with Crippen LogP contribution in [0.15, 0.2) is 47.7 Å². The van der Waals surface area contributed by atoms with E-state index in [0.717, 1.165) is 0 Å². The number of carbonyl (C=O) groups is 1. The van der Waals surface area contributed by atoms with Crippen LogP contribution in [0.4, 0.5) is 14.9 Å². The first-order valence-electron chi connectivity index (χ1n) is 5.96. The first-order valence-corrected chi connectivity index (χ1v) is 5.96. The standard InChI is InChI=1S/C13H13FN4O2/c14-10-1-3-11(4-2-10)17-13(20)16-7-8-18-9-15-6-5-12(18)19/h1-6,9H,7-8H2,(H2,16,17,20). The van der Waals surface area contributed by atoms with Gasteiger partial charge in [0.05, 0.1) is 6.33 Å². The van der Waals surface area contributed by atoms with Gasteiger partial charge in [0.1, 0.15) is 5.82 Å². The molecule has 0 unspecified atom stereocenters. The van der Waals surface area contributed by atoms with Gasteiger partial charge in [-0.3, -0.25) is 9.36 Å². The Morgan fingerprint density at radius 3 is 2.70 bits per heavy atom. The number of halogens is 1. The summed E-state index contributed by atoms with van der Waals surface area (Å²) in [4.78, 5) is 26.7. The molecule has 2 aromatic rings. The minimum Gasteiger partial charge on any atom is -0.336 e. The van der Waals surface area contributed by atoms with Gasteiger partial charge in [0.25, 0.3) is 5.56 Å². The van der Waals surface area contributed by atoms with E-state index in [1.165, 1.54) is 47.4 Å². The average Bonchev–Trinajstić information content (AvgIpc) is 2.43. The van der Waals surface area contributed by atoms with E-state index in [-0.39, 0.29) is 17.9 Å². The van der Waals surface area contributed by atoms with Crippen LogP contribution in [0.25, 0.3) is 0 Å². The Hall–Kier alpha value is -2.70. The maximum Gasteiger partial charge on any atom is 0.319 e. The molecule has 1 heterocycles. The van der Waals surface area contributed by atoms with Gasteiger partial charge in [0, 0.05) is 31.0 Å². The summed E-state index contributed by atoms with van der Waals surface area (Å²) in [6.45, 7) is 0.599. The van der Waals surface area contributed by atoms with Crippen molar-refractivity contribution in [2.24, 2.45) is 0 Å². The number of urea groups is 1. The van der Waals surface area contributed by atoms with E-state index in [4.69, 9.17) is 0 Å². The van der Waals surface area contributed by atoms with E-state index in [0.29, 0.717) is 12.2 Å². The van der Waals surface area contributed by atoms with Gasteiger partial charge in [-0.1, -0.05) is 0 Å². The van der Waals surface area contributed by atoms with Crippen LogP contribution < -0.4 is 16.2 Å². The van der Waals surface area contributed by atoms with Crippen LogP contribution in [0.5, 0.6) is 0 Å². The zero-order valence-corrected chi connectivity index (χ0v) is 10.5. The molecule has 0 spiro atoms. The van der Waals surface area contributed by atoms with Crippen LogP contribution in [0.2, 0.25) is 0 Å². The lowest BCUT2D eigenvalue weighted by Crippen LogP contribution is -2.33. The highest BCUT2D eigenvalue weighted by atomic mass is 19.1. The molecule has 6 nitrogen and oxygen atoms in total. The van der Waals surface area contributed by atoms with Crippen molar-refractivity contribution in [1.82, 2.24) is 14.9 Å². The number of hydrogen-bond donors (Lipinski definition) is 2. The zero-order chi connectivity index (χ0) is 14.4. The fraction of sp³-hybridized carbons (Fsp3) is 0.154. The molecule has 0 aliphatic heterocycles. The second kappa shape index (κ2) is 6.46. The first kappa shape index (κ1) is 13.7. The molecule has 7 heteroatoms. The molecule has 2 N–H and O–H groups in total. The van der Waals surface area contributed by atoms with Crippen molar-refractivity contribution in [2.75, 3.05) is 11.9 Å². The van der Waals surface area contributed by atoms with Gasteiger partial charge in [0.15, 0.2) is 0 Å². The van der Waals surface area contributed by atoms with Crippen LogP contribution in [-0.2, 0) is 6.54 Å². The maximum absolute atomic E-state index is 12.7. The summed E-state index contributed by atoms with van der Waals surface area (Å²) in [5, 5.41) is 5.14. The number of aromatic nitrogens is 2. The van der Waals surface area contributed by atoms with Gasteiger partial charge in [-0.15, -0.1) is 0 Å². The zero-order valence-electron chi connectivity index (χ0n) is 10.5. The Bertz CT molecular complexity index is 639. The molecule has 0 aliphatic rings. The second-order valence-corrected chi connectivity index (χ2v) is 4.00. The van der Waals surface area contributed by atoms with Crippen molar-refractivity contribution in [3.8, 4) is 0 Å². The van der Waals surface area contributed by atoms with Crippen molar-refractivity contribution in [3.63, 3.8) is 0 Å². The third kappa shape index (κ3) is 3.91. The summed E-state index contributed by atoms with van der Waals surface area (Å²) in [7, 11) is 0. The molecule has 20 heavy (non-hydrogen) atoms. The molecule has 2 amide bonds. The summed E-state index contributed by atoms with van der Waals surface area (Å²) in [6.07, 6.45) is 2.81. The van der Waals surface area contributed by atoms with Gasteiger partial charge >= 0.3 is 6.03 Å². The third-order valence-corrected chi connectivity index (χ3v) is 2.53. The molecular weight excluding hydrogens is 263 g/mol. The van der Waals surface area contributed by atoms with Gasteiger partial charge in [-0.05, 0) is 24.3 Å². The van der Waals surface area contributed by atoms with Crippen LogP contribution in [0.3, 0.4) is 0 Å². The van der Waals surface area contributed by atoms with Crippen molar-refractivity contribution in [3.05, 3.63) is 59.0 Å². The van der Waals surface area contributed by atoms with E-state index in [2.05, 4.69) is 15.6 Å². The number of carbonyl (C=O) groups excluding carboxylic acids is 1. The summed E-state index contributed by atoms with van der Waals surface area (Å²) in [6, 6.07) is 6.35. The van der Waals surface area contributed by atoms with Crippen molar-refractivity contribution < 1.29 is 9.18 Å². The summed E-state index contributed by atoms with van der Waals surface area (Å²) >= 11 is 0. The third-order valence-electron chi connectivity index (χ3n) is 2.53. The normalized spacial score (nSPS) is 10.1. The Labute approximate surface area is 114 Å². The van der Waals surface area contributed by atoms with E-state index in [1.807, 2.05) is 0 Å². The highest BCUT2D eigenvalue weighted by Gasteiger charge is 2.01. The summed E-state index contributed by atoms with van der Waals surface area (Å²) in [5.41, 5.74) is 0.309. The SMILES string of the molecule is O=C(NCCn1cnccc1=O)Nc1ccc(F)cc1. The molecular formula is C13H13FN4O2. The van der Waals surface area contributed by atoms with Crippen LogP contribution >= 0.6 is 0 Å². The van der Waals surface area contributed by atoms with Crippen molar-refractivity contribution >= 4 is 11.7 Å². The largest absolute Gasteiger partial charge is 0.336 e. The number of nitrogens with zero attached hydrogens (tertiary/aromatic N) is 2. The lowest BCUT2D eigenvalue weighted by atomic mass is 10.3. The topological polar surface area (TPSA) is 76.0 Å². The van der Waals surface area contributed by atoms with Crippen molar-refractivity contribution in [1.29, 1.82) is 0 Å². The number of nitrogens with one attached hydrogen (secondary N) is 2. The predicted molar refractivity (Wildman–Crippen MR) is 71.9 cm³/mol. The Balaban J connectivity index is 1.80. The summed E-state index contributed by atoms with van der Waals surface area (Å²) < 4.78 is 14.1. The van der Waals surface area contributed by atoms with E-state index in [9.17, 15) is 14.0 Å². The molecule has 2 rings (SSSR count). The smallest absolute Gasteiger partial charge is 0.319 e. The number of amides is 2. The van der Waals surface area contributed by atoms with Crippen LogP contribution in [-0.4, -0.2) is 22.1 Å². The van der Waals surface area contributed by atoms with Gasteiger partial charge in [0.2, 0.25) is 0 Å². The molecule has 0 atom stereocenters. The van der Waals surface area contributed by atoms with Gasteiger partial charge in [-0.2, -0.15) is 0 Å². The number of rotatable bonds is 4. The highest BCUT2D eigenvalue weighted by molar-refractivity contribution is 5.89. The minimum atomic E-state index is -0.423. The molecule has 0 saturated carbocycles. The second-order valence-electron chi connectivity index (χ2n) is 4.00. The Morgan fingerprint density at radius 1 is 1.25 bits per heavy atom. The Morgan fingerprint density at radius 2 is 2.00 bits per heavy atom. The van der Waals surface area contributed by atoms with Crippen LogP contribution in [0.1, 0.15) is 0 Å².